The van der Waals surface area contributed by atoms with Crippen LogP contribution in [0.5, 0.6) is 5.75 Å². The van der Waals surface area contributed by atoms with Crippen molar-refractivity contribution in [1.29, 1.82) is 0 Å². The smallest absolute Gasteiger partial charge is 0.326 e. The predicted molar refractivity (Wildman–Crippen MR) is 206 cm³/mol. The summed E-state index contributed by atoms with van der Waals surface area (Å²) in [5.41, 5.74) is 8.02. The number of phenolic OH excluding ortho intramolecular Hbond substituents is 1. The van der Waals surface area contributed by atoms with Crippen molar-refractivity contribution in [3.05, 3.63) is 83.9 Å². The zero-order chi connectivity index (χ0) is 42.2. The summed E-state index contributed by atoms with van der Waals surface area (Å²) < 4.78 is 0. The Balaban J connectivity index is 1.89. The lowest BCUT2D eigenvalue weighted by Gasteiger charge is -2.29. The fourth-order valence-corrected chi connectivity index (χ4v) is 5.81. The van der Waals surface area contributed by atoms with E-state index >= 15 is 0 Å². The number of H-pyrrole nitrogens is 1. The molecule has 0 saturated heterocycles. The number of phenols is 1. The van der Waals surface area contributed by atoms with Crippen LogP contribution < -0.4 is 32.3 Å². The number of nitrogens with two attached hydrogens (primary N) is 1. The van der Waals surface area contributed by atoms with E-state index in [4.69, 9.17) is 10.8 Å². The Labute approximate surface area is 329 Å². The van der Waals surface area contributed by atoms with Gasteiger partial charge < -0.3 is 52.6 Å². The Bertz CT molecular complexity index is 1820. The van der Waals surface area contributed by atoms with Gasteiger partial charge in [-0.25, -0.2) is 9.78 Å². The van der Waals surface area contributed by atoms with Gasteiger partial charge in [0.25, 0.3) is 0 Å². The molecule has 18 heteroatoms. The van der Waals surface area contributed by atoms with Gasteiger partial charge in [0.15, 0.2) is 0 Å². The van der Waals surface area contributed by atoms with E-state index in [1.807, 2.05) is 0 Å². The number of benzene rings is 2. The second-order valence-electron chi connectivity index (χ2n) is 14.5. The molecule has 308 valence electrons. The van der Waals surface area contributed by atoms with E-state index in [1.165, 1.54) is 24.7 Å². The molecule has 0 fully saturated rings. The van der Waals surface area contributed by atoms with E-state index in [0.717, 1.165) is 0 Å². The Morgan fingerprint density at radius 3 is 1.70 bits per heavy atom. The number of carbonyl (C=O) groups excluding carboxylic acids is 5. The number of nitrogens with one attached hydrogen (secondary N) is 6. The first-order chi connectivity index (χ1) is 26.9. The van der Waals surface area contributed by atoms with Crippen molar-refractivity contribution in [2.75, 3.05) is 0 Å². The molecule has 57 heavy (non-hydrogen) atoms. The van der Waals surface area contributed by atoms with Gasteiger partial charge in [0.1, 0.15) is 36.0 Å². The Morgan fingerprint density at radius 1 is 0.667 bits per heavy atom. The highest BCUT2D eigenvalue weighted by molar-refractivity contribution is 5.97. The van der Waals surface area contributed by atoms with Gasteiger partial charge in [0.2, 0.25) is 29.5 Å². The molecule has 0 saturated carbocycles. The van der Waals surface area contributed by atoms with Crippen molar-refractivity contribution < 1.29 is 48.9 Å². The van der Waals surface area contributed by atoms with E-state index in [9.17, 15) is 43.8 Å². The summed E-state index contributed by atoms with van der Waals surface area (Å²) in [5, 5.41) is 41.2. The molecule has 1 heterocycles. The largest absolute Gasteiger partial charge is 0.508 e. The van der Waals surface area contributed by atoms with Crippen LogP contribution >= 0.6 is 0 Å². The summed E-state index contributed by atoms with van der Waals surface area (Å²) in [6.07, 6.45) is 2.20. The van der Waals surface area contributed by atoms with Gasteiger partial charge in [-0.1, -0.05) is 70.2 Å². The number of aliphatic carboxylic acids is 2. The molecule has 11 N–H and O–H groups in total. The molecule has 2 aromatic carbocycles. The highest BCUT2D eigenvalue weighted by Crippen LogP contribution is 2.14. The predicted octanol–water partition coefficient (Wildman–Crippen LogP) is 0.156. The molecule has 5 amide bonds. The lowest BCUT2D eigenvalue weighted by atomic mass is 9.98. The molecule has 0 aliphatic carbocycles. The summed E-state index contributed by atoms with van der Waals surface area (Å²) in [6, 6.07) is 6.90. The lowest BCUT2D eigenvalue weighted by Crippen LogP contribution is -2.60. The number of aromatic amines is 1. The SMILES string of the molecule is CC(C)C[C@H](NC(=O)[C@H](Cc1ccc(O)cc1)NC(=O)[C@H](Cc1ccccc1)NC(=O)[C@@H](N)Cc1cnc[nH]1)C(=O)N[C@H](C(=O)N[C@@H](CC(=O)O)C(=O)O)C(C)C. The summed E-state index contributed by atoms with van der Waals surface area (Å²) in [5.74, 6) is -7.67. The molecular formula is C39H52N8O10. The van der Waals surface area contributed by atoms with E-state index in [2.05, 4.69) is 36.6 Å². The van der Waals surface area contributed by atoms with Crippen molar-refractivity contribution >= 4 is 41.5 Å². The monoisotopic (exact) mass is 792 g/mol. The number of amides is 5. The first kappa shape index (κ1) is 45.1. The third-order valence-electron chi connectivity index (χ3n) is 8.84. The number of hydrogen-bond acceptors (Lipinski definition) is 10. The molecule has 18 nitrogen and oxygen atoms in total. The van der Waals surface area contributed by atoms with E-state index in [0.29, 0.717) is 16.8 Å². The van der Waals surface area contributed by atoms with Gasteiger partial charge >= 0.3 is 11.9 Å². The van der Waals surface area contributed by atoms with Gasteiger partial charge in [0, 0.05) is 31.2 Å². The number of hydrogen-bond donors (Lipinski definition) is 10. The second kappa shape index (κ2) is 21.7. The molecule has 0 spiro atoms. The van der Waals surface area contributed by atoms with Gasteiger partial charge in [0.05, 0.1) is 18.8 Å². The maximum Gasteiger partial charge on any atom is 0.326 e. The highest BCUT2D eigenvalue weighted by atomic mass is 16.4. The van der Waals surface area contributed by atoms with Crippen molar-refractivity contribution in [2.45, 2.75) is 96.1 Å². The van der Waals surface area contributed by atoms with Crippen LogP contribution in [0.2, 0.25) is 0 Å². The summed E-state index contributed by atoms with van der Waals surface area (Å²) in [4.78, 5) is 98.0. The minimum absolute atomic E-state index is 0.0315. The molecule has 0 unspecified atom stereocenters. The van der Waals surface area contributed by atoms with Gasteiger partial charge in [-0.2, -0.15) is 0 Å². The van der Waals surface area contributed by atoms with Crippen LogP contribution in [0.1, 0.15) is 57.4 Å². The van der Waals surface area contributed by atoms with E-state index in [1.54, 1.807) is 70.2 Å². The number of nitrogens with zero attached hydrogens (tertiary/aromatic N) is 1. The third kappa shape index (κ3) is 15.0. The molecule has 0 bridgehead atoms. The third-order valence-corrected chi connectivity index (χ3v) is 8.84. The van der Waals surface area contributed by atoms with Crippen LogP contribution in [0.4, 0.5) is 0 Å². The first-order valence-corrected chi connectivity index (χ1v) is 18.4. The summed E-state index contributed by atoms with van der Waals surface area (Å²) in [6.45, 7) is 6.77. The standard InChI is InChI=1S/C39H52N8O10/c1-21(2)14-28(37(54)47-33(22(3)4)38(55)46-31(39(56)57)18-32(49)50)44-36(53)30(16-24-10-12-26(48)13-11-24)45-35(52)29(15-23-8-6-5-7-9-23)43-34(51)27(40)17-25-19-41-20-42-25/h5-13,19-22,27-31,33,48H,14-18,40H2,1-4H3,(H,41,42)(H,43,51)(H,44,53)(H,45,52)(H,46,55)(H,47,54)(H,49,50)(H,56,57)/t27-,28-,29-,30-,31-,33-/m0/s1. The van der Waals surface area contributed by atoms with E-state index < -0.39 is 90.1 Å². The second-order valence-corrected chi connectivity index (χ2v) is 14.5. The van der Waals surface area contributed by atoms with Crippen molar-refractivity contribution in [3.8, 4) is 5.75 Å². The molecule has 0 radical (unpaired) electrons. The number of aromatic nitrogens is 2. The van der Waals surface area contributed by atoms with Gasteiger partial charge in [-0.15, -0.1) is 0 Å². The quantitative estimate of drug-likeness (QED) is 0.0651. The molecule has 1 aromatic heterocycles. The molecule has 6 atom stereocenters. The summed E-state index contributed by atoms with van der Waals surface area (Å²) >= 11 is 0. The van der Waals surface area contributed by atoms with Crippen molar-refractivity contribution in [1.82, 2.24) is 36.6 Å². The van der Waals surface area contributed by atoms with Crippen LogP contribution in [0.3, 0.4) is 0 Å². The van der Waals surface area contributed by atoms with Crippen LogP contribution in [-0.2, 0) is 52.8 Å². The van der Waals surface area contributed by atoms with Crippen molar-refractivity contribution in [2.24, 2.45) is 17.6 Å². The Morgan fingerprint density at radius 2 is 1.19 bits per heavy atom. The number of carbonyl (C=O) groups is 7. The van der Waals surface area contributed by atoms with E-state index in [-0.39, 0.29) is 37.4 Å². The normalized spacial score (nSPS) is 14.3. The minimum atomic E-state index is -1.76. The number of carboxylic acids is 2. The van der Waals surface area contributed by atoms with Crippen molar-refractivity contribution in [3.63, 3.8) is 0 Å². The molecular weight excluding hydrogens is 740 g/mol. The van der Waals surface area contributed by atoms with Gasteiger partial charge in [-0.05, 0) is 41.5 Å². The maximum absolute atomic E-state index is 14.1. The number of carboxylic acid groups (broad SMARTS) is 2. The Hall–Kier alpha value is -6.30. The lowest BCUT2D eigenvalue weighted by molar-refractivity contribution is -0.147. The average molecular weight is 793 g/mol. The molecule has 0 aliphatic rings. The number of rotatable bonds is 22. The number of imidazole rings is 1. The minimum Gasteiger partial charge on any atom is -0.508 e. The zero-order valence-electron chi connectivity index (χ0n) is 32.2. The average Bonchev–Trinajstić information content (AvgIpc) is 3.66. The summed E-state index contributed by atoms with van der Waals surface area (Å²) in [7, 11) is 0. The number of aromatic hydroxyl groups is 1. The molecule has 3 aromatic rings. The zero-order valence-corrected chi connectivity index (χ0v) is 32.2. The van der Waals surface area contributed by atoms with Crippen LogP contribution in [0, 0.1) is 11.8 Å². The van der Waals surface area contributed by atoms with Gasteiger partial charge in [-0.3, -0.25) is 28.8 Å². The van der Waals surface area contributed by atoms with Crippen LogP contribution in [-0.4, -0.2) is 103 Å². The fourth-order valence-electron chi connectivity index (χ4n) is 5.81. The fraction of sp³-hybridized carbons (Fsp3) is 0.436. The highest BCUT2D eigenvalue weighted by Gasteiger charge is 2.34. The van der Waals surface area contributed by atoms with Crippen LogP contribution in [0.15, 0.2) is 67.1 Å². The molecule has 3 rings (SSSR count). The molecule has 0 aliphatic heterocycles. The van der Waals surface area contributed by atoms with Crippen LogP contribution in [0.25, 0.3) is 0 Å². The maximum atomic E-state index is 14.1. The topological polar surface area (TPSA) is 295 Å². The first-order valence-electron chi connectivity index (χ1n) is 18.4. The Kier molecular flexibility index (Phi) is 17.2.